The first-order valence-electron chi connectivity index (χ1n) is 8.65. The molecule has 0 aromatic carbocycles. The molecule has 2 saturated heterocycles. The van der Waals surface area contributed by atoms with Gasteiger partial charge in [-0.05, 0) is 24.3 Å². The highest BCUT2D eigenvalue weighted by Gasteiger charge is 2.66. The van der Waals surface area contributed by atoms with E-state index in [1.807, 2.05) is 18.2 Å². The number of likely N-dealkylation sites (tertiary alicyclic amines) is 1. The molecule has 2 aromatic rings. The molecule has 2 amide bonds. The average Bonchev–Trinajstić information content (AvgIpc) is 3.43. The molecule has 0 saturated carbocycles. The van der Waals surface area contributed by atoms with Crippen LogP contribution in [0.4, 0.5) is 0 Å². The summed E-state index contributed by atoms with van der Waals surface area (Å²) in [4.78, 5) is 27.5. The summed E-state index contributed by atoms with van der Waals surface area (Å²) >= 11 is 0. The maximum atomic E-state index is 13.0. The Morgan fingerprint density at radius 1 is 1.23 bits per heavy atom. The van der Waals surface area contributed by atoms with Gasteiger partial charge in [0.05, 0.1) is 50.1 Å². The molecule has 2 aromatic heterocycles. The molecule has 134 valence electrons. The molecule has 5 heterocycles. The maximum absolute atomic E-state index is 13.0. The number of carbonyl (C=O) groups is 2. The molecule has 3 aliphatic heterocycles. The molecule has 5 rings (SSSR count). The van der Waals surface area contributed by atoms with Gasteiger partial charge in [0, 0.05) is 0 Å². The van der Waals surface area contributed by atoms with Crippen molar-refractivity contribution in [3.63, 3.8) is 0 Å². The Hall–Kier alpha value is -2.80. The quantitative estimate of drug-likeness (QED) is 0.822. The van der Waals surface area contributed by atoms with Crippen molar-refractivity contribution in [2.75, 3.05) is 6.54 Å². The van der Waals surface area contributed by atoms with Crippen molar-refractivity contribution in [3.8, 4) is 0 Å². The van der Waals surface area contributed by atoms with Crippen molar-refractivity contribution in [1.29, 1.82) is 0 Å². The van der Waals surface area contributed by atoms with Gasteiger partial charge in [-0.15, -0.1) is 0 Å². The van der Waals surface area contributed by atoms with Crippen molar-refractivity contribution >= 4 is 11.8 Å². The van der Waals surface area contributed by atoms with Gasteiger partial charge in [-0.1, -0.05) is 12.2 Å². The highest BCUT2D eigenvalue weighted by atomic mass is 16.5. The van der Waals surface area contributed by atoms with E-state index in [9.17, 15) is 9.59 Å². The maximum Gasteiger partial charge on any atom is 0.230 e. The van der Waals surface area contributed by atoms with Crippen LogP contribution in [0, 0.1) is 11.8 Å². The summed E-state index contributed by atoms with van der Waals surface area (Å²) in [6, 6.07) is 7.19. The van der Waals surface area contributed by atoms with E-state index in [1.165, 1.54) is 0 Å². The summed E-state index contributed by atoms with van der Waals surface area (Å²) in [6.07, 6.45) is 6.64. The third-order valence-corrected chi connectivity index (χ3v) is 5.43. The van der Waals surface area contributed by atoms with Crippen LogP contribution in [0.5, 0.6) is 0 Å². The van der Waals surface area contributed by atoms with E-state index >= 15 is 0 Å². The Bertz CT molecular complexity index is 857. The number of ether oxygens (including phenoxy) is 1. The van der Waals surface area contributed by atoms with E-state index in [0.717, 1.165) is 0 Å². The Morgan fingerprint density at radius 3 is 2.73 bits per heavy atom. The van der Waals surface area contributed by atoms with E-state index in [0.29, 0.717) is 31.2 Å². The van der Waals surface area contributed by atoms with E-state index < -0.39 is 17.4 Å². The predicted molar refractivity (Wildman–Crippen MR) is 88.4 cm³/mol. The molecule has 7 nitrogen and oxygen atoms in total. The van der Waals surface area contributed by atoms with Gasteiger partial charge in [-0.3, -0.25) is 9.59 Å². The summed E-state index contributed by atoms with van der Waals surface area (Å²) in [7, 11) is 0. The van der Waals surface area contributed by atoms with Crippen molar-refractivity contribution in [2.24, 2.45) is 11.8 Å². The van der Waals surface area contributed by atoms with Crippen molar-refractivity contribution < 1.29 is 23.2 Å². The molecule has 0 aliphatic carbocycles. The van der Waals surface area contributed by atoms with Crippen LogP contribution in [-0.2, 0) is 27.4 Å². The summed E-state index contributed by atoms with van der Waals surface area (Å²) in [5, 5.41) is 2.87. The molecule has 3 aliphatic rings. The average molecular weight is 354 g/mol. The number of hydrogen-bond acceptors (Lipinski definition) is 5. The zero-order valence-corrected chi connectivity index (χ0v) is 14.0. The van der Waals surface area contributed by atoms with E-state index in [-0.39, 0.29) is 17.9 Å². The third-order valence-electron chi connectivity index (χ3n) is 5.43. The van der Waals surface area contributed by atoms with Crippen LogP contribution < -0.4 is 5.32 Å². The van der Waals surface area contributed by atoms with Gasteiger partial charge < -0.3 is 23.8 Å². The Balaban J connectivity index is 1.35. The van der Waals surface area contributed by atoms with Crippen LogP contribution in [0.3, 0.4) is 0 Å². The number of nitrogens with one attached hydrogen (secondary N) is 1. The van der Waals surface area contributed by atoms with Crippen LogP contribution in [0.2, 0.25) is 0 Å². The SMILES string of the molecule is O=C(NCc1ccco1)[C@@H]1[C@H]2C=C[C@]3(CN(Cc4ccco4)C(=O)[C@@H]13)O2. The number of carbonyl (C=O) groups excluding carboxylic acids is 2. The minimum Gasteiger partial charge on any atom is -0.467 e. The number of nitrogens with zero attached hydrogens (tertiary/aromatic N) is 1. The Morgan fingerprint density at radius 2 is 2.00 bits per heavy atom. The van der Waals surface area contributed by atoms with E-state index in [4.69, 9.17) is 13.6 Å². The molecular formula is C19H18N2O5. The minimum atomic E-state index is -0.707. The van der Waals surface area contributed by atoms with Crippen molar-refractivity contribution in [1.82, 2.24) is 10.2 Å². The molecule has 4 atom stereocenters. The zero-order valence-electron chi connectivity index (χ0n) is 14.0. The van der Waals surface area contributed by atoms with Crippen molar-refractivity contribution in [3.05, 3.63) is 60.5 Å². The second-order valence-corrected chi connectivity index (χ2v) is 6.97. The summed E-state index contributed by atoms with van der Waals surface area (Å²) in [5.41, 5.74) is -0.707. The normalized spacial score (nSPS) is 31.6. The molecule has 2 fully saturated rings. The lowest BCUT2D eigenvalue weighted by molar-refractivity contribution is -0.138. The number of rotatable bonds is 5. The lowest BCUT2D eigenvalue weighted by Gasteiger charge is -2.23. The lowest BCUT2D eigenvalue weighted by Crippen LogP contribution is -2.43. The van der Waals surface area contributed by atoms with Gasteiger partial charge in [0.2, 0.25) is 11.8 Å². The monoisotopic (exact) mass is 354 g/mol. The van der Waals surface area contributed by atoms with Gasteiger partial charge in [-0.2, -0.15) is 0 Å². The minimum absolute atomic E-state index is 0.0635. The van der Waals surface area contributed by atoms with Gasteiger partial charge in [-0.25, -0.2) is 0 Å². The summed E-state index contributed by atoms with van der Waals surface area (Å²) in [5.74, 6) is 0.118. The Labute approximate surface area is 149 Å². The molecule has 1 N–H and O–H groups in total. The zero-order chi connectivity index (χ0) is 17.7. The summed E-state index contributed by atoms with van der Waals surface area (Å²) < 4.78 is 16.7. The van der Waals surface area contributed by atoms with Crippen LogP contribution in [0.15, 0.2) is 57.8 Å². The molecule has 1 spiro atoms. The molecule has 0 radical (unpaired) electrons. The van der Waals surface area contributed by atoms with Gasteiger partial charge in [0.25, 0.3) is 0 Å². The fraction of sp³-hybridized carbons (Fsp3) is 0.368. The van der Waals surface area contributed by atoms with Crippen LogP contribution in [0.25, 0.3) is 0 Å². The second-order valence-electron chi connectivity index (χ2n) is 6.97. The molecule has 2 bridgehead atoms. The van der Waals surface area contributed by atoms with Crippen LogP contribution in [0.1, 0.15) is 11.5 Å². The van der Waals surface area contributed by atoms with Crippen LogP contribution >= 0.6 is 0 Å². The standard InChI is InChI=1S/C19H18N2O5/c22-17(20-9-12-3-1-7-24-12)15-14-5-6-19(26-14)11-21(18(23)16(15)19)10-13-4-2-8-25-13/h1-8,14-16H,9-11H2,(H,20,22)/t14-,15-,16-,19-/m1/s1. The highest BCUT2D eigenvalue weighted by molar-refractivity contribution is 5.92. The number of amides is 2. The summed E-state index contributed by atoms with van der Waals surface area (Å²) in [6.45, 7) is 1.11. The van der Waals surface area contributed by atoms with Gasteiger partial charge >= 0.3 is 0 Å². The number of fused-ring (bicyclic) bond motifs is 1. The van der Waals surface area contributed by atoms with E-state index in [2.05, 4.69) is 5.32 Å². The van der Waals surface area contributed by atoms with E-state index in [1.54, 1.807) is 35.6 Å². The molecule has 26 heavy (non-hydrogen) atoms. The highest BCUT2D eigenvalue weighted by Crippen LogP contribution is 2.52. The number of furan rings is 2. The molecular weight excluding hydrogens is 336 g/mol. The first-order chi connectivity index (χ1) is 12.7. The third kappa shape index (κ3) is 2.24. The smallest absolute Gasteiger partial charge is 0.230 e. The van der Waals surface area contributed by atoms with Crippen LogP contribution in [-0.4, -0.2) is 35.0 Å². The largest absolute Gasteiger partial charge is 0.467 e. The predicted octanol–water partition coefficient (Wildman–Crippen LogP) is 1.47. The first-order valence-corrected chi connectivity index (χ1v) is 8.65. The lowest BCUT2D eigenvalue weighted by atomic mass is 9.77. The molecule has 0 unspecified atom stereocenters. The van der Waals surface area contributed by atoms with Gasteiger partial charge in [0.1, 0.15) is 17.1 Å². The number of hydrogen-bond donors (Lipinski definition) is 1. The van der Waals surface area contributed by atoms with Crippen molar-refractivity contribution in [2.45, 2.75) is 24.8 Å². The fourth-order valence-electron chi connectivity index (χ4n) is 4.31. The molecule has 7 heteroatoms. The fourth-order valence-corrected chi connectivity index (χ4v) is 4.31. The second kappa shape index (κ2) is 5.60. The first kappa shape index (κ1) is 15.5. The Kier molecular flexibility index (Phi) is 3.33. The van der Waals surface area contributed by atoms with Gasteiger partial charge in [0.15, 0.2) is 0 Å². The topological polar surface area (TPSA) is 84.9 Å².